The maximum Gasteiger partial charge on any atom is 0.137 e. The third kappa shape index (κ3) is 7.32. The van der Waals surface area contributed by atoms with Gasteiger partial charge in [0.25, 0.3) is 0 Å². The van der Waals surface area contributed by atoms with Crippen molar-refractivity contribution in [2.45, 2.75) is 34.6 Å². The van der Waals surface area contributed by atoms with Crippen molar-refractivity contribution in [3.63, 3.8) is 0 Å². The predicted molar refractivity (Wildman–Crippen MR) is 58.2 cm³/mol. The van der Waals surface area contributed by atoms with Gasteiger partial charge in [-0.2, -0.15) is 0 Å². The first-order chi connectivity index (χ1) is 6.33. The van der Waals surface area contributed by atoms with Gasteiger partial charge < -0.3 is 4.74 Å². The second-order valence-corrected chi connectivity index (χ2v) is 1.90. The summed E-state index contributed by atoms with van der Waals surface area (Å²) in [5.74, 6) is 0.815. The summed E-state index contributed by atoms with van der Waals surface area (Å²) in [5, 5.41) is 0. The molecule has 0 atom stereocenters. The average Bonchev–Trinajstić information content (AvgIpc) is 2.24. The molecule has 2 nitrogen and oxygen atoms in total. The van der Waals surface area contributed by atoms with Crippen LogP contribution in [0.15, 0.2) is 18.5 Å². The molecule has 1 aromatic heterocycles. The quantitative estimate of drug-likeness (QED) is 0.665. The van der Waals surface area contributed by atoms with Gasteiger partial charge >= 0.3 is 0 Å². The molecule has 0 radical (unpaired) electrons. The van der Waals surface area contributed by atoms with Crippen LogP contribution < -0.4 is 4.74 Å². The molecule has 0 N–H and O–H groups in total. The minimum Gasteiger partial charge on any atom is -0.495 e. The first-order valence-corrected chi connectivity index (χ1v) is 4.78. The molecule has 0 bridgehead atoms. The van der Waals surface area contributed by atoms with Gasteiger partial charge in [-0.1, -0.05) is 27.7 Å². The predicted octanol–water partition coefficient (Wildman–Crippen LogP) is 3.45. The van der Waals surface area contributed by atoms with Crippen molar-refractivity contribution in [1.29, 1.82) is 0 Å². The summed E-state index contributed by atoms with van der Waals surface area (Å²) in [5.41, 5.74) is 1.12. The van der Waals surface area contributed by atoms with Crippen LogP contribution in [0.2, 0.25) is 0 Å². The molecule has 0 aliphatic rings. The van der Waals surface area contributed by atoms with Gasteiger partial charge in [0.2, 0.25) is 0 Å². The monoisotopic (exact) mass is 183 g/mol. The molecule has 1 aromatic rings. The second kappa shape index (κ2) is 11.0. The molecule has 1 heterocycles. The number of ether oxygens (including phenoxy) is 1. The summed E-state index contributed by atoms with van der Waals surface area (Å²) in [6, 6.07) is 1.94. The number of nitrogens with zero attached hydrogens (tertiary/aromatic N) is 1. The fourth-order valence-corrected chi connectivity index (χ4v) is 0.639. The molecular formula is C11H21NO. The molecule has 76 valence electrons. The first-order valence-electron chi connectivity index (χ1n) is 4.78. The van der Waals surface area contributed by atoms with Crippen LogP contribution in [-0.4, -0.2) is 12.1 Å². The van der Waals surface area contributed by atoms with Gasteiger partial charge in [0.05, 0.1) is 13.3 Å². The van der Waals surface area contributed by atoms with Gasteiger partial charge in [-0.05, 0) is 18.6 Å². The summed E-state index contributed by atoms with van der Waals surface area (Å²) in [4.78, 5) is 3.93. The smallest absolute Gasteiger partial charge is 0.137 e. The Morgan fingerprint density at radius 3 is 1.92 bits per heavy atom. The molecular weight excluding hydrogens is 162 g/mol. The lowest BCUT2D eigenvalue weighted by Gasteiger charge is -1.97. The fraction of sp³-hybridized carbons (Fsp3) is 0.545. The molecule has 0 aliphatic heterocycles. The normalized spacial score (nSPS) is 7.23. The van der Waals surface area contributed by atoms with Crippen LogP contribution in [0.1, 0.15) is 33.3 Å². The second-order valence-electron chi connectivity index (χ2n) is 1.90. The molecule has 0 amide bonds. The Hall–Kier alpha value is -1.05. The van der Waals surface area contributed by atoms with E-state index in [-0.39, 0.29) is 0 Å². The van der Waals surface area contributed by atoms with E-state index in [1.54, 1.807) is 19.5 Å². The first kappa shape index (κ1) is 14.5. The van der Waals surface area contributed by atoms with Gasteiger partial charge in [0, 0.05) is 6.20 Å². The summed E-state index contributed by atoms with van der Waals surface area (Å²) in [7, 11) is 1.64. The van der Waals surface area contributed by atoms with E-state index < -0.39 is 0 Å². The van der Waals surface area contributed by atoms with Crippen LogP contribution in [0.25, 0.3) is 0 Å². The number of aryl methyl sites for hydroxylation is 1. The standard InChI is InChI=1S/C7H9NO.2C2H6/c1-6-3-7(9-2)5-8-4-6;2*1-2/h3-5H,1-2H3;2*1-2H3. The van der Waals surface area contributed by atoms with Crippen molar-refractivity contribution in [3.05, 3.63) is 24.0 Å². The molecule has 2 heteroatoms. The maximum atomic E-state index is 4.93. The van der Waals surface area contributed by atoms with E-state index >= 15 is 0 Å². The highest BCUT2D eigenvalue weighted by atomic mass is 16.5. The van der Waals surface area contributed by atoms with E-state index in [0.29, 0.717) is 0 Å². The Morgan fingerprint density at radius 1 is 1.08 bits per heavy atom. The molecule has 0 spiro atoms. The summed E-state index contributed by atoms with van der Waals surface area (Å²) in [6.45, 7) is 9.98. The Bertz CT molecular complexity index is 199. The van der Waals surface area contributed by atoms with E-state index in [1.165, 1.54) is 0 Å². The lowest BCUT2D eigenvalue weighted by atomic mass is 10.3. The number of pyridine rings is 1. The van der Waals surface area contributed by atoms with Gasteiger partial charge in [-0.3, -0.25) is 4.98 Å². The van der Waals surface area contributed by atoms with Gasteiger partial charge in [-0.25, -0.2) is 0 Å². The van der Waals surface area contributed by atoms with E-state index in [9.17, 15) is 0 Å². The summed E-state index contributed by atoms with van der Waals surface area (Å²) < 4.78 is 4.93. The Morgan fingerprint density at radius 2 is 1.62 bits per heavy atom. The van der Waals surface area contributed by atoms with Crippen LogP contribution in [0.3, 0.4) is 0 Å². The van der Waals surface area contributed by atoms with Crippen molar-refractivity contribution in [2.24, 2.45) is 0 Å². The van der Waals surface area contributed by atoms with E-state index in [0.717, 1.165) is 11.3 Å². The Kier molecular flexibility index (Phi) is 12.2. The van der Waals surface area contributed by atoms with Crippen molar-refractivity contribution < 1.29 is 4.74 Å². The lowest BCUT2D eigenvalue weighted by molar-refractivity contribution is 0.412. The minimum atomic E-state index is 0.815. The molecule has 0 saturated heterocycles. The van der Waals surface area contributed by atoms with Crippen molar-refractivity contribution in [3.8, 4) is 5.75 Å². The molecule has 0 unspecified atom stereocenters. The molecule has 13 heavy (non-hydrogen) atoms. The average molecular weight is 183 g/mol. The van der Waals surface area contributed by atoms with Crippen LogP contribution in [0.5, 0.6) is 5.75 Å². The minimum absolute atomic E-state index is 0.815. The van der Waals surface area contributed by atoms with Gasteiger partial charge in [0.1, 0.15) is 5.75 Å². The molecule has 0 fully saturated rings. The number of hydrogen-bond acceptors (Lipinski definition) is 2. The van der Waals surface area contributed by atoms with Crippen LogP contribution >= 0.6 is 0 Å². The zero-order chi connectivity index (χ0) is 10.7. The number of methoxy groups -OCH3 is 1. The number of aromatic nitrogens is 1. The van der Waals surface area contributed by atoms with Crippen LogP contribution in [0.4, 0.5) is 0 Å². The molecule has 0 aromatic carbocycles. The van der Waals surface area contributed by atoms with Crippen LogP contribution in [-0.2, 0) is 0 Å². The number of rotatable bonds is 1. The fourth-order valence-electron chi connectivity index (χ4n) is 0.639. The van der Waals surface area contributed by atoms with Crippen molar-refractivity contribution in [2.75, 3.05) is 7.11 Å². The van der Waals surface area contributed by atoms with Crippen molar-refractivity contribution >= 4 is 0 Å². The third-order valence-electron chi connectivity index (χ3n) is 1.09. The van der Waals surface area contributed by atoms with Crippen LogP contribution in [0, 0.1) is 6.92 Å². The zero-order valence-corrected chi connectivity index (χ0v) is 9.59. The topological polar surface area (TPSA) is 22.1 Å². The summed E-state index contributed by atoms with van der Waals surface area (Å²) >= 11 is 0. The molecule has 1 rings (SSSR count). The maximum absolute atomic E-state index is 4.93. The highest BCUT2D eigenvalue weighted by Gasteiger charge is 1.88. The zero-order valence-electron chi connectivity index (χ0n) is 9.59. The van der Waals surface area contributed by atoms with Gasteiger partial charge in [-0.15, -0.1) is 0 Å². The molecule has 0 aliphatic carbocycles. The summed E-state index contributed by atoms with van der Waals surface area (Å²) in [6.07, 6.45) is 3.48. The van der Waals surface area contributed by atoms with Crippen molar-refractivity contribution in [1.82, 2.24) is 4.98 Å². The van der Waals surface area contributed by atoms with Gasteiger partial charge in [0.15, 0.2) is 0 Å². The highest BCUT2D eigenvalue weighted by Crippen LogP contribution is 2.07. The van der Waals surface area contributed by atoms with E-state index in [1.807, 2.05) is 40.7 Å². The Labute approximate surface area is 82.0 Å². The van der Waals surface area contributed by atoms with E-state index in [4.69, 9.17) is 4.74 Å². The lowest BCUT2D eigenvalue weighted by Crippen LogP contribution is -1.84. The van der Waals surface area contributed by atoms with E-state index in [2.05, 4.69) is 4.98 Å². The number of hydrogen-bond donors (Lipinski definition) is 0. The third-order valence-corrected chi connectivity index (χ3v) is 1.09. The molecule has 0 saturated carbocycles. The Balaban J connectivity index is 0. The largest absolute Gasteiger partial charge is 0.495 e. The SMILES string of the molecule is CC.CC.COc1cncc(C)c1. The highest BCUT2D eigenvalue weighted by molar-refractivity contribution is 5.21.